The number of nitrogens with zero attached hydrogens (tertiary/aromatic N) is 4. The average Bonchev–Trinajstić information content (AvgIpc) is 2.82. The molecule has 1 fully saturated rings. The number of hydrogen-bond donors (Lipinski definition) is 1. The second-order valence-electron chi connectivity index (χ2n) is 6.22. The van der Waals surface area contributed by atoms with Gasteiger partial charge in [-0.1, -0.05) is 18.2 Å². The standard InChI is InChI=1S/C17H23N5O2/c1-13-16(23)22(14-7-4-3-5-8-14)19-15(18-13)17(24)21-10-6-9-20(2)11-12-21/h3-5,7-8,13H,6,9-12H2,1-2H3,(H,18,19). The Bertz CT molecular complexity index is 646. The van der Waals surface area contributed by atoms with Gasteiger partial charge in [0.2, 0.25) is 5.84 Å². The molecule has 0 spiro atoms. The van der Waals surface area contributed by atoms with Crippen molar-refractivity contribution < 1.29 is 9.59 Å². The Labute approximate surface area is 141 Å². The van der Waals surface area contributed by atoms with E-state index in [1.165, 1.54) is 5.01 Å². The lowest BCUT2D eigenvalue weighted by Crippen LogP contribution is -2.58. The van der Waals surface area contributed by atoms with E-state index in [2.05, 4.69) is 22.4 Å². The number of anilines is 1. The zero-order valence-corrected chi connectivity index (χ0v) is 14.1. The van der Waals surface area contributed by atoms with Crippen molar-refractivity contribution in [3.63, 3.8) is 0 Å². The highest BCUT2D eigenvalue weighted by Gasteiger charge is 2.32. The van der Waals surface area contributed by atoms with Crippen LogP contribution in [0.5, 0.6) is 0 Å². The summed E-state index contributed by atoms with van der Waals surface area (Å²) in [6.07, 6.45) is 0.937. The number of hydrogen-bond acceptors (Lipinski definition) is 5. The van der Waals surface area contributed by atoms with E-state index in [0.29, 0.717) is 18.8 Å². The maximum Gasteiger partial charge on any atom is 0.290 e. The van der Waals surface area contributed by atoms with E-state index in [9.17, 15) is 9.59 Å². The van der Waals surface area contributed by atoms with Gasteiger partial charge in [0.25, 0.3) is 11.8 Å². The largest absolute Gasteiger partial charge is 0.335 e. The average molecular weight is 329 g/mol. The van der Waals surface area contributed by atoms with Crippen molar-refractivity contribution in [2.45, 2.75) is 19.4 Å². The molecule has 7 heteroatoms. The molecule has 0 aromatic heterocycles. The van der Waals surface area contributed by atoms with Crippen LogP contribution in [0.1, 0.15) is 13.3 Å². The molecule has 2 heterocycles. The fourth-order valence-electron chi connectivity index (χ4n) is 2.90. The van der Waals surface area contributed by atoms with Gasteiger partial charge in [0, 0.05) is 19.6 Å². The number of para-hydroxylation sites is 1. The van der Waals surface area contributed by atoms with Gasteiger partial charge in [0.15, 0.2) is 0 Å². The molecule has 24 heavy (non-hydrogen) atoms. The molecule has 7 nitrogen and oxygen atoms in total. The minimum Gasteiger partial charge on any atom is -0.335 e. The molecule has 2 amide bonds. The molecule has 0 bridgehead atoms. The van der Waals surface area contributed by atoms with E-state index in [1.54, 1.807) is 11.8 Å². The Morgan fingerprint density at radius 2 is 1.92 bits per heavy atom. The van der Waals surface area contributed by atoms with Crippen LogP contribution in [0.2, 0.25) is 0 Å². The van der Waals surface area contributed by atoms with Gasteiger partial charge < -0.3 is 9.80 Å². The van der Waals surface area contributed by atoms with Crippen LogP contribution in [0.3, 0.4) is 0 Å². The quantitative estimate of drug-likeness (QED) is 0.857. The molecule has 2 aliphatic heterocycles. The zero-order valence-electron chi connectivity index (χ0n) is 14.1. The lowest BCUT2D eigenvalue weighted by atomic mass is 10.2. The molecule has 0 radical (unpaired) electrons. The Kier molecular flexibility index (Phi) is 4.80. The van der Waals surface area contributed by atoms with E-state index in [-0.39, 0.29) is 17.6 Å². The highest BCUT2D eigenvalue weighted by atomic mass is 16.2. The minimum absolute atomic E-state index is 0.148. The van der Waals surface area contributed by atoms with Crippen LogP contribution in [0.4, 0.5) is 5.69 Å². The Morgan fingerprint density at radius 1 is 1.17 bits per heavy atom. The van der Waals surface area contributed by atoms with Crippen molar-refractivity contribution in [1.82, 2.24) is 15.2 Å². The van der Waals surface area contributed by atoms with Gasteiger partial charge in [0.05, 0.1) is 5.69 Å². The summed E-state index contributed by atoms with van der Waals surface area (Å²) in [4.78, 5) is 33.5. The van der Waals surface area contributed by atoms with E-state index in [0.717, 1.165) is 19.5 Å². The monoisotopic (exact) mass is 329 g/mol. The van der Waals surface area contributed by atoms with Crippen LogP contribution in [0.25, 0.3) is 0 Å². The summed E-state index contributed by atoms with van der Waals surface area (Å²) in [5, 5.41) is 1.41. The van der Waals surface area contributed by atoms with E-state index in [4.69, 9.17) is 0 Å². The van der Waals surface area contributed by atoms with Gasteiger partial charge in [-0.2, -0.15) is 0 Å². The summed E-state index contributed by atoms with van der Waals surface area (Å²) in [6, 6.07) is 8.66. The molecule has 0 aliphatic carbocycles. The predicted octanol–water partition coefficient (Wildman–Crippen LogP) is 0.489. The zero-order chi connectivity index (χ0) is 17.1. The second kappa shape index (κ2) is 7.00. The molecule has 3 rings (SSSR count). The lowest BCUT2D eigenvalue weighted by Gasteiger charge is -2.32. The first-order valence-electron chi connectivity index (χ1n) is 8.27. The summed E-state index contributed by atoms with van der Waals surface area (Å²) >= 11 is 0. The maximum atomic E-state index is 12.8. The van der Waals surface area contributed by atoms with Gasteiger partial charge in [-0.25, -0.2) is 10.0 Å². The number of aliphatic imine (C=N–C) groups is 1. The van der Waals surface area contributed by atoms with E-state index >= 15 is 0 Å². The lowest BCUT2D eigenvalue weighted by molar-refractivity contribution is -0.124. The number of nitrogens with one attached hydrogen (secondary N) is 1. The smallest absolute Gasteiger partial charge is 0.290 e. The molecule has 1 saturated heterocycles. The molecule has 1 aromatic carbocycles. The van der Waals surface area contributed by atoms with Crippen LogP contribution in [-0.2, 0) is 9.59 Å². The molecular weight excluding hydrogens is 306 g/mol. The normalized spacial score (nSPS) is 22.7. The molecule has 0 saturated carbocycles. The number of amides is 2. The number of benzene rings is 1. The number of amidine groups is 1. The maximum absolute atomic E-state index is 12.8. The van der Waals surface area contributed by atoms with Crippen LogP contribution < -0.4 is 10.4 Å². The molecule has 1 atom stereocenters. The molecule has 1 unspecified atom stereocenters. The van der Waals surface area contributed by atoms with Crippen molar-refractivity contribution in [2.75, 3.05) is 38.2 Å². The number of carbonyl (C=O) groups excluding carboxylic acids is 2. The highest BCUT2D eigenvalue weighted by Crippen LogP contribution is 2.16. The van der Waals surface area contributed by atoms with Crippen LogP contribution in [-0.4, -0.2) is 66.7 Å². The van der Waals surface area contributed by atoms with Crippen molar-refractivity contribution >= 4 is 23.3 Å². The first-order chi connectivity index (χ1) is 11.6. The van der Waals surface area contributed by atoms with Crippen molar-refractivity contribution in [1.29, 1.82) is 0 Å². The van der Waals surface area contributed by atoms with Crippen molar-refractivity contribution in [2.24, 2.45) is 4.99 Å². The predicted molar refractivity (Wildman–Crippen MR) is 92.7 cm³/mol. The fourth-order valence-corrected chi connectivity index (χ4v) is 2.90. The summed E-state index contributed by atoms with van der Waals surface area (Å²) in [7, 11) is 2.06. The number of rotatable bonds is 2. The van der Waals surface area contributed by atoms with E-state index in [1.807, 2.05) is 30.3 Å². The van der Waals surface area contributed by atoms with Crippen molar-refractivity contribution in [3.05, 3.63) is 30.3 Å². The van der Waals surface area contributed by atoms with Gasteiger partial charge in [0.1, 0.15) is 6.04 Å². The number of carbonyl (C=O) groups is 2. The fraction of sp³-hybridized carbons (Fsp3) is 0.471. The second-order valence-corrected chi connectivity index (χ2v) is 6.22. The summed E-state index contributed by atoms with van der Waals surface area (Å²) in [5.74, 6) is -0.0885. The van der Waals surface area contributed by atoms with Gasteiger partial charge in [-0.05, 0) is 39.1 Å². The number of likely N-dealkylation sites (N-methyl/N-ethyl adjacent to an activating group) is 1. The number of hydrazine groups is 1. The first kappa shape index (κ1) is 16.4. The van der Waals surface area contributed by atoms with Crippen molar-refractivity contribution in [3.8, 4) is 0 Å². The summed E-state index contributed by atoms with van der Waals surface area (Å²) in [5.41, 5.74) is 3.61. The summed E-state index contributed by atoms with van der Waals surface area (Å²) < 4.78 is 0. The Hall–Kier alpha value is -2.41. The molecular formula is C17H23N5O2. The SMILES string of the molecule is CC1N=C(C(=O)N2CCCN(C)CC2)NN(c2ccccc2)C1=O. The minimum atomic E-state index is -0.583. The van der Waals surface area contributed by atoms with Gasteiger partial charge in [-0.3, -0.25) is 15.0 Å². The van der Waals surface area contributed by atoms with Crippen LogP contribution in [0.15, 0.2) is 35.3 Å². The molecule has 1 aromatic rings. The highest BCUT2D eigenvalue weighted by molar-refractivity contribution is 6.39. The Morgan fingerprint density at radius 3 is 2.67 bits per heavy atom. The van der Waals surface area contributed by atoms with Crippen LogP contribution in [0, 0.1) is 0 Å². The first-order valence-corrected chi connectivity index (χ1v) is 8.27. The topological polar surface area (TPSA) is 68.2 Å². The molecule has 1 N–H and O–H groups in total. The third kappa shape index (κ3) is 3.41. The Balaban J connectivity index is 1.79. The molecule has 2 aliphatic rings. The summed E-state index contributed by atoms with van der Waals surface area (Å²) in [6.45, 7) is 4.91. The molecule has 128 valence electrons. The van der Waals surface area contributed by atoms with E-state index < -0.39 is 6.04 Å². The van der Waals surface area contributed by atoms with Gasteiger partial charge in [-0.15, -0.1) is 0 Å². The van der Waals surface area contributed by atoms with Gasteiger partial charge >= 0.3 is 0 Å². The third-order valence-electron chi connectivity index (χ3n) is 4.34. The van der Waals surface area contributed by atoms with Crippen LogP contribution >= 0.6 is 0 Å². The third-order valence-corrected chi connectivity index (χ3v) is 4.34.